The molecule has 23 heavy (non-hydrogen) atoms. The summed E-state index contributed by atoms with van der Waals surface area (Å²) in [5.41, 5.74) is 3.37. The maximum absolute atomic E-state index is 12.6. The van der Waals surface area contributed by atoms with Crippen LogP contribution < -0.4 is 5.32 Å². The molecule has 120 valence electrons. The van der Waals surface area contributed by atoms with Crippen LogP contribution >= 0.6 is 0 Å². The molecule has 1 aromatic carbocycles. The number of amides is 2. The van der Waals surface area contributed by atoms with Gasteiger partial charge in [-0.05, 0) is 31.2 Å². The van der Waals surface area contributed by atoms with Gasteiger partial charge in [0.15, 0.2) is 0 Å². The van der Waals surface area contributed by atoms with Crippen molar-refractivity contribution in [3.8, 4) is 6.07 Å². The average molecular weight is 309 g/mol. The first-order chi connectivity index (χ1) is 11.1. The van der Waals surface area contributed by atoms with E-state index in [9.17, 15) is 10.1 Å². The van der Waals surface area contributed by atoms with Crippen molar-refractivity contribution in [2.45, 2.75) is 39.5 Å². The van der Waals surface area contributed by atoms with Gasteiger partial charge in [-0.1, -0.05) is 38.1 Å². The second-order valence-electron chi connectivity index (χ2n) is 6.73. The van der Waals surface area contributed by atoms with Gasteiger partial charge in [0, 0.05) is 24.1 Å². The topological polar surface area (TPSA) is 56.1 Å². The second-order valence-corrected chi connectivity index (χ2v) is 6.73. The molecule has 1 aliphatic heterocycles. The van der Waals surface area contributed by atoms with Crippen molar-refractivity contribution in [3.63, 3.8) is 0 Å². The number of benzene rings is 1. The minimum Gasteiger partial charge on any atom is -0.325 e. The number of fused-ring (bicyclic) bond motifs is 1. The van der Waals surface area contributed by atoms with Gasteiger partial charge in [0.25, 0.3) is 0 Å². The zero-order valence-electron chi connectivity index (χ0n) is 13.9. The number of hydrogen-bond acceptors (Lipinski definition) is 2. The highest BCUT2D eigenvalue weighted by atomic mass is 16.2. The number of hydrogen-bond donors (Lipinski definition) is 1. The maximum atomic E-state index is 12.6. The van der Waals surface area contributed by atoms with Crippen LogP contribution in [-0.2, 0) is 6.42 Å². The molecule has 0 bridgehead atoms. The van der Waals surface area contributed by atoms with Crippen molar-refractivity contribution in [2.24, 2.45) is 5.41 Å². The summed E-state index contributed by atoms with van der Waals surface area (Å²) >= 11 is 0. The highest BCUT2D eigenvalue weighted by molar-refractivity contribution is 5.89. The highest BCUT2D eigenvalue weighted by Gasteiger charge is 2.37. The molecule has 0 unspecified atom stereocenters. The van der Waals surface area contributed by atoms with Gasteiger partial charge in [-0.3, -0.25) is 0 Å². The summed E-state index contributed by atoms with van der Waals surface area (Å²) in [6.07, 6.45) is 3.82. The van der Waals surface area contributed by atoms with Crippen LogP contribution in [0.4, 0.5) is 4.79 Å². The fraction of sp³-hybridized carbons (Fsp3) is 0.474. The molecule has 1 saturated heterocycles. The fourth-order valence-electron chi connectivity index (χ4n) is 3.59. The third-order valence-corrected chi connectivity index (χ3v) is 5.24. The number of nitriles is 1. The lowest BCUT2D eigenvalue weighted by atomic mass is 9.69. The van der Waals surface area contributed by atoms with Gasteiger partial charge >= 0.3 is 6.03 Å². The number of rotatable bonds is 2. The van der Waals surface area contributed by atoms with Crippen LogP contribution in [0.5, 0.6) is 0 Å². The normalized spacial score (nSPS) is 23.4. The SMILES string of the molecule is CC[C@@]1(C)Cc2ccccc2C(NC(=O)N2CCCC2)=C1C#N. The monoisotopic (exact) mass is 309 g/mol. The Morgan fingerprint density at radius 3 is 2.70 bits per heavy atom. The van der Waals surface area contributed by atoms with Gasteiger partial charge < -0.3 is 10.2 Å². The zero-order chi connectivity index (χ0) is 16.4. The van der Waals surface area contributed by atoms with Crippen LogP contribution in [-0.4, -0.2) is 24.0 Å². The molecular formula is C19H23N3O. The highest BCUT2D eigenvalue weighted by Crippen LogP contribution is 2.43. The van der Waals surface area contributed by atoms with Crippen molar-refractivity contribution < 1.29 is 4.79 Å². The van der Waals surface area contributed by atoms with Gasteiger partial charge in [-0.2, -0.15) is 5.26 Å². The quantitative estimate of drug-likeness (QED) is 0.905. The molecule has 1 N–H and O–H groups in total. The maximum Gasteiger partial charge on any atom is 0.321 e. The minimum atomic E-state index is -0.225. The lowest BCUT2D eigenvalue weighted by Crippen LogP contribution is -2.40. The molecule has 2 aliphatic rings. The largest absolute Gasteiger partial charge is 0.325 e. The summed E-state index contributed by atoms with van der Waals surface area (Å²) in [5, 5.41) is 12.8. The predicted molar refractivity (Wildman–Crippen MR) is 90.4 cm³/mol. The van der Waals surface area contributed by atoms with Gasteiger partial charge in [-0.15, -0.1) is 0 Å². The average Bonchev–Trinajstić information content (AvgIpc) is 3.09. The second kappa shape index (κ2) is 6.08. The van der Waals surface area contributed by atoms with Crippen LogP contribution in [0, 0.1) is 16.7 Å². The fourth-order valence-corrected chi connectivity index (χ4v) is 3.59. The van der Waals surface area contributed by atoms with Crippen LogP contribution in [0.1, 0.15) is 44.2 Å². The lowest BCUT2D eigenvalue weighted by Gasteiger charge is -2.36. The number of carbonyl (C=O) groups is 1. The molecule has 0 radical (unpaired) electrons. The minimum absolute atomic E-state index is 0.0830. The summed E-state index contributed by atoms with van der Waals surface area (Å²) in [5.74, 6) is 0. The number of nitrogens with one attached hydrogen (secondary N) is 1. The zero-order valence-corrected chi connectivity index (χ0v) is 13.9. The number of carbonyl (C=O) groups excluding carboxylic acids is 1. The van der Waals surface area contributed by atoms with Crippen LogP contribution in [0.25, 0.3) is 5.70 Å². The molecule has 1 fully saturated rings. The molecule has 0 spiro atoms. The van der Waals surface area contributed by atoms with E-state index in [1.165, 1.54) is 5.56 Å². The van der Waals surface area contributed by atoms with Crippen LogP contribution in [0.15, 0.2) is 29.8 Å². The van der Waals surface area contributed by atoms with E-state index < -0.39 is 0 Å². The number of urea groups is 1. The Kier molecular flexibility index (Phi) is 4.12. The van der Waals surface area contributed by atoms with Crippen molar-refractivity contribution >= 4 is 11.7 Å². The van der Waals surface area contributed by atoms with Gasteiger partial charge in [0.05, 0.1) is 17.3 Å². The Morgan fingerprint density at radius 1 is 1.35 bits per heavy atom. The molecule has 4 heteroatoms. The number of allylic oxidation sites excluding steroid dienone is 1. The van der Waals surface area contributed by atoms with E-state index in [1.54, 1.807) is 0 Å². The molecule has 1 atom stereocenters. The molecule has 4 nitrogen and oxygen atoms in total. The van der Waals surface area contributed by atoms with E-state index in [0.717, 1.165) is 44.3 Å². The van der Waals surface area contributed by atoms with E-state index in [2.05, 4.69) is 31.3 Å². The van der Waals surface area contributed by atoms with Crippen LogP contribution in [0.2, 0.25) is 0 Å². The Morgan fingerprint density at radius 2 is 2.04 bits per heavy atom. The van der Waals surface area contributed by atoms with Gasteiger partial charge in [0.2, 0.25) is 0 Å². The summed E-state index contributed by atoms with van der Waals surface area (Å²) in [7, 11) is 0. The first kappa shape index (κ1) is 15.6. The van der Waals surface area contributed by atoms with Gasteiger partial charge in [-0.25, -0.2) is 4.79 Å². The van der Waals surface area contributed by atoms with E-state index in [4.69, 9.17) is 0 Å². The van der Waals surface area contributed by atoms with Crippen LogP contribution in [0.3, 0.4) is 0 Å². The van der Waals surface area contributed by atoms with Crippen molar-refractivity contribution in [1.82, 2.24) is 10.2 Å². The molecule has 3 rings (SSSR count). The Bertz CT molecular complexity index is 695. The summed E-state index contributed by atoms with van der Waals surface area (Å²) in [6.45, 7) is 5.82. The molecular weight excluding hydrogens is 286 g/mol. The first-order valence-electron chi connectivity index (χ1n) is 8.38. The van der Waals surface area contributed by atoms with Gasteiger partial charge in [0.1, 0.15) is 0 Å². The summed E-state index contributed by atoms with van der Waals surface area (Å²) in [4.78, 5) is 14.4. The number of nitrogens with zero attached hydrogens (tertiary/aromatic N) is 2. The smallest absolute Gasteiger partial charge is 0.321 e. The van der Waals surface area contributed by atoms with E-state index in [-0.39, 0.29) is 11.4 Å². The third kappa shape index (κ3) is 2.72. The molecule has 1 aliphatic carbocycles. The molecule has 0 saturated carbocycles. The molecule has 2 amide bonds. The molecule has 1 aromatic rings. The number of likely N-dealkylation sites (tertiary alicyclic amines) is 1. The summed E-state index contributed by atoms with van der Waals surface area (Å²) < 4.78 is 0. The van der Waals surface area contributed by atoms with Crippen molar-refractivity contribution in [1.29, 1.82) is 5.26 Å². The van der Waals surface area contributed by atoms with E-state index in [0.29, 0.717) is 11.3 Å². The molecule has 0 aromatic heterocycles. The summed E-state index contributed by atoms with van der Waals surface area (Å²) in [6, 6.07) is 10.4. The standard InChI is InChI=1S/C19H23N3O/c1-3-19(2)12-14-8-4-5-9-15(14)17(16(19)13-20)21-18(23)22-10-6-7-11-22/h4-5,8-9H,3,6-7,10-12H2,1-2H3,(H,21,23)/t19-/m0/s1. The van der Waals surface area contributed by atoms with E-state index >= 15 is 0 Å². The third-order valence-electron chi connectivity index (χ3n) is 5.24. The Hall–Kier alpha value is -2.28. The van der Waals surface area contributed by atoms with Crippen molar-refractivity contribution in [2.75, 3.05) is 13.1 Å². The Balaban J connectivity index is 2.04. The first-order valence-corrected chi connectivity index (χ1v) is 8.38. The van der Waals surface area contributed by atoms with E-state index in [1.807, 2.05) is 23.1 Å². The Labute approximate surface area is 137 Å². The lowest BCUT2D eigenvalue weighted by molar-refractivity contribution is 0.213. The predicted octanol–water partition coefficient (Wildman–Crippen LogP) is 3.70. The molecule has 1 heterocycles. The van der Waals surface area contributed by atoms with Crippen molar-refractivity contribution in [3.05, 3.63) is 41.0 Å².